The van der Waals surface area contributed by atoms with Gasteiger partial charge in [-0.25, -0.2) is 14.6 Å². The predicted molar refractivity (Wildman–Crippen MR) is 168 cm³/mol. The number of aromatic nitrogens is 1. The fourth-order valence-corrected chi connectivity index (χ4v) is 6.43. The Bertz CT molecular complexity index is 1400. The minimum atomic E-state index is -0.465. The summed E-state index contributed by atoms with van der Waals surface area (Å²) in [6.07, 6.45) is 9.29. The number of imide groups is 1. The number of carbonyl (C=O) groups is 3. The van der Waals surface area contributed by atoms with Gasteiger partial charge in [0.25, 0.3) is 0 Å². The lowest BCUT2D eigenvalue weighted by Gasteiger charge is -2.45. The lowest BCUT2D eigenvalue weighted by atomic mass is 9.65. The molecule has 0 radical (unpaired) electrons. The Morgan fingerprint density at radius 1 is 1.02 bits per heavy atom. The van der Waals surface area contributed by atoms with Gasteiger partial charge in [-0.2, -0.15) is 0 Å². The number of urea groups is 1. The topological polar surface area (TPSA) is 92.3 Å². The van der Waals surface area contributed by atoms with Crippen molar-refractivity contribution in [2.45, 2.75) is 84.3 Å². The summed E-state index contributed by atoms with van der Waals surface area (Å²) in [4.78, 5) is 47.7. The molecular formula is C35H44N4O5. The summed E-state index contributed by atoms with van der Waals surface area (Å²) in [5.74, 6) is 7.66. The molecule has 234 valence electrons. The Labute approximate surface area is 260 Å². The summed E-state index contributed by atoms with van der Waals surface area (Å²) < 4.78 is 10.8. The first kappa shape index (κ1) is 31.4. The third-order valence-corrected chi connectivity index (χ3v) is 9.12. The van der Waals surface area contributed by atoms with Crippen molar-refractivity contribution in [2.75, 3.05) is 31.6 Å². The van der Waals surface area contributed by atoms with Gasteiger partial charge in [-0.1, -0.05) is 18.1 Å². The van der Waals surface area contributed by atoms with E-state index < -0.39 is 5.60 Å². The largest absolute Gasteiger partial charge is 0.497 e. The fourth-order valence-electron chi connectivity index (χ4n) is 6.43. The van der Waals surface area contributed by atoms with Crippen LogP contribution in [0.2, 0.25) is 0 Å². The second-order valence-electron chi connectivity index (χ2n) is 13.3. The van der Waals surface area contributed by atoms with E-state index in [2.05, 4.69) is 16.8 Å². The average Bonchev–Trinajstić information content (AvgIpc) is 3.00. The van der Waals surface area contributed by atoms with Crippen LogP contribution in [0, 0.1) is 23.2 Å². The number of amides is 4. The van der Waals surface area contributed by atoms with E-state index >= 15 is 0 Å². The summed E-state index contributed by atoms with van der Waals surface area (Å²) in [6, 6.07) is 10.7. The first-order valence-corrected chi connectivity index (χ1v) is 15.7. The van der Waals surface area contributed by atoms with Crippen molar-refractivity contribution < 1.29 is 23.9 Å². The Balaban J connectivity index is 1.13. The molecule has 0 bridgehead atoms. The van der Waals surface area contributed by atoms with Gasteiger partial charge in [0, 0.05) is 44.4 Å². The van der Waals surface area contributed by atoms with Gasteiger partial charge in [0.2, 0.25) is 5.91 Å². The van der Waals surface area contributed by atoms with E-state index in [-0.39, 0.29) is 31.0 Å². The fraction of sp³-hybridized carbons (Fsp3) is 0.543. The van der Waals surface area contributed by atoms with Crippen LogP contribution in [0.15, 0.2) is 42.6 Å². The number of benzene rings is 1. The quantitative estimate of drug-likeness (QED) is 0.369. The molecule has 3 heterocycles. The summed E-state index contributed by atoms with van der Waals surface area (Å²) >= 11 is 0. The molecule has 2 saturated heterocycles. The molecule has 9 nitrogen and oxygen atoms in total. The van der Waals surface area contributed by atoms with E-state index in [1.807, 2.05) is 56.0 Å². The first-order chi connectivity index (χ1) is 21.0. The number of nitrogens with zero attached hydrogens (tertiary/aromatic N) is 4. The van der Waals surface area contributed by atoms with Crippen LogP contribution in [0.4, 0.5) is 15.3 Å². The maximum Gasteiger partial charge on any atom is 0.410 e. The Kier molecular flexibility index (Phi) is 9.48. The van der Waals surface area contributed by atoms with E-state index in [1.54, 1.807) is 24.3 Å². The molecule has 5 rings (SSSR count). The monoisotopic (exact) mass is 600 g/mol. The smallest absolute Gasteiger partial charge is 0.410 e. The van der Waals surface area contributed by atoms with E-state index in [9.17, 15) is 14.4 Å². The summed E-state index contributed by atoms with van der Waals surface area (Å²) in [5, 5.41) is 0. The van der Waals surface area contributed by atoms with Crippen molar-refractivity contribution in [1.29, 1.82) is 0 Å². The van der Waals surface area contributed by atoms with Gasteiger partial charge in [0.15, 0.2) is 0 Å². The second kappa shape index (κ2) is 13.3. The standard InChI is InChI=1S/C35H44N4O5/c1-34(2,3)44-33(42)37-22-18-35(19-23-37)16-12-26(13-17-35)6-5-7-28-24-29(14-20-36-28)38-21-15-31(40)39(32(38)41)25-27-8-10-30(43-4)11-9-27/h8-11,14,20,24,26H,6,12-13,15-19,21-23,25H2,1-4H3. The van der Waals surface area contributed by atoms with Crippen molar-refractivity contribution in [3.05, 3.63) is 53.9 Å². The number of hydrogen-bond donors (Lipinski definition) is 0. The van der Waals surface area contributed by atoms with Gasteiger partial charge < -0.3 is 14.4 Å². The van der Waals surface area contributed by atoms with Gasteiger partial charge in [0.1, 0.15) is 17.0 Å². The number of anilines is 1. The Hall–Kier alpha value is -4.06. The van der Waals surface area contributed by atoms with Crippen LogP contribution in [-0.2, 0) is 16.1 Å². The Morgan fingerprint density at radius 2 is 1.73 bits per heavy atom. The maximum absolute atomic E-state index is 13.4. The number of hydrogen-bond acceptors (Lipinski definition) is 6. The zero-order chi connectivity index (χ0) is 31.3. The molecule has 9 heteroatoms. The van der Waals surface area contributed by atoms with Gasteiger partial charge >= 0.3 is 12.1 Å². The number of carbonyl (C=O) groups excluding carboxylic acids is 3. The molecule has 1 aromatic heterocycles. The van der Waals surface area contributed by atoms with E-state index in [4.69, 9.17) is 9.47 Å². The predicted octanol–water partition coefficient (Wildman–Crippen LogP) is 6.40. The highest BCUT2D eigenvalue weighted by Crippen LogP contribution is 2.47. The number of methoxy groups -OCH3 is 1. The minimum Gasteiger partial charge on any atom is -0.497 e. The molecule has 2 aliphatic heterocycles. The lowest BCUT2D eigenvalue weighted by Crippen LogP contribution is -2.52. The number of likely N-dealkylation sites (tertiary alicyclic amines) is 1. The van der Waals surface area contributed by atoms with Crippen molar-refractivity contribution >= 4 is 23.7 Å². The minimum absolute atomic E-state index is 0.181. The van der Waals surface area contributed by atoms with E-state index in [0.29, 0.717) is 29.3 Å². The van der Waals surface area contributed by atoms with E-state index in [1.165, 1.54) is 17.7 Å². The molecule has 44 heavy (non-hydrogen) atoms. The molecular weight excluding hydrogens is 556 g/mol. The summed E-state index contributed by atoms with van der Waals surface area (Å²) in [6.45, 7) is 7.80. The maximum atomic E-state index is 13.4. The molecule has 3 fully saturated rings. The highest BCUT2D eigenvalue weighted by molar-refractivity contribution is 6.05. The second-order valence-corrected chi connectivity index (χ2v) is 13.3. The number of ether oxygens (including phenoxy) is 2. The number of piperidine rings is 1. The van der Waals surface area contributed by atoms with Crippen LogP contribution < -0.4 is 9.64 Å². The highest BCUT2D eigenvalue weighted by Gasteiger charge is 2.39. The third-order valence-electron chi connectivity index (χ3n) is 9.12. The molecule has 1 spiro atoms. The molecule has 1 aliphatic carbocycles. The molecule has 1 aromatic carbocycles. The molecule has 4 amide bonds. The molecule has 3 aliphatic rings. The van der Waals surface area contributed by atoms with Crippen molar-refractivity contribution in [1.82, 2.24) is 14.8 Å². The lowest BCUT2D eigenvalue weighted by molar-refractivity contribution is -0.129. The van der Waals surface area contributed by atoms with Crippen molar-refractivity contribution in [3.63, 3.8) is 0 Å². The van der Waals surface area contributed by atoms with Crippen LogP contribution in [0.1, 0.15) is 83.4 Å². The average molecular weight is 601 g/mol. The molecule has 0 N–H and O–H groups in total. The number of pyridine rings is 1. The zero-order valence-electron chi connectivity index (χ0n) is 26.4. The first-order valence-electron chi connectivity index (χ1n) is 15.7. The Morgan fingerprint density at radius 3 is 2.39 bits per heavy atom. The van der Waals surface area contributed by atoms with Gasteiger partial charge in [-0.3, -0.25) is 14.6 Å². The van der Waals surface area contributed by atoms with Crippen LogP contribution in [0.3, 0.4) is 0 Å². The van der Waals surface area contributed by atoms with Gasteiger partial charge in [0.05, 0.1) is 13.7 Å². The molecule has 2 aromatic rings. The van der Waals surface area contributed by atoms with Crippen LogP contribution >= 0.6 is 0 Å². The summed E-state index contributed by atoms with van der Waals surface area (Å²) in [7, 11) is 1.60. The highest BCUT2D eigenvalue weighted by atomic mass is 16.6. The molecule has 0 atom stereocenters. The van der Waals surface area contributed by atoms with Crippen LogP contribution in [0.5, 0.6) is 5.75 Å². The van der Waals surface area contributed by atoms with Gasteiger partial charge in [-0.15, -0.1) is 0 Å². The van der Waals surface area contributed by atoms with Crippen molar-refractivity contribution in [2.24, 2.45) is 11.3 Å². The van der Waals surface area contributed by atoms with E-state index in [0.717, 1.165) is 56.5 Å². The van der Waals surface area contributed by atoms with Crippen LogP contribution in [0.25, 0.3) is 0 Å². The number of rotatable bonds is 5. The van der Waals surface area contributed by atoms with Crippen molar-refractivity contribution in [3.8, 4) is 17.6 Å². The van der Waals surface area contributed by atoms with Crippen LogP contribution in [-0.4, -0.2) is 65.2 Å². The molecule has 0 unspecified atom stereocenters. The normalized spacial score (nSPS) is 19.0. The zero-order valence-corrected chi connectivity index (χ0v) is 26.4. The third kappa shape index (κ3) is 7.71. The summed E-state index contributed by atoms with van der Waals surface area (Å²) in [5.41, 5.74) is 2.04. The molecule has 1 saturated carbocycles. The SMILES string of the molecule is COc1ccc(CN2C(=O)CCN(c3ccnc(C#CCC4CCC5(CC4)CCN(C(=O)OC(C)(C)C)CC5)c3)C2=O)cc1. The van der Waals surface area contributed by atoms with Gasteiger partial charge in [-0.05, 0) is 106 Å².